The number of hydrogen-bond donors (Lipinski definition) is 1. The van der Waals surface area contributed by atoms with Gasteiger partial charge >= 0.3 is 0 Å². The molecule has 4 heteroatoms. The molecule has 0 bridgehead atoms. The van der Waals surface area contributed by atoms with Gasteiger partial charge in [-0.3, -0.25) is 0 Å². The molecule has 0 aliphatic rings. The van der Waals surface area contributed by atoms with E-state index < -0.39 is 0 Å². The number of ether oxygens (including phenoxy) is 1. The molecule has 0 spiro atoms. The molecule has 0 atom stereocenters. The van der Waals surface area contributed by atoms with Crippen LogP contribution in [0.2, 0.25) is 5.02 Å². The minimum absolute atomic E-state index is 0.624. The first kappa shape index (κ1) is 15.5. The van der Waals surface area contributed by atoms with Gasteiger partial charge in [0.05, 0.1) is 7.11 Å². The van der Waals surface area contributed by atoms with Crippen LogP contribution in [0.5, 0.6) is 5.75 Å². The Balaban J connectivity index is 2.19. The molecule has 3 nitrogen and oxygen atoms in total. The Kier molecular flexibility index (Phi) is 4.97. The quantitative estimate of drug-likeness (QED) is 0.889. The number of nitrogens with zero attached hydrogens (tertiary/aromatic N) is 1. The first-order chi connectivity index (χ1) is 10.0. The lowest BCUT2D eigenvalue weighted by Crippen LogP contribution is -2.11. The van der Waals surface area contributed by atoms with Gasteiger partial charge in [-0.15, -0.1) is 0 Å². The van der Waals surface area contributed by atoms with Crippen LogP contribution in [-0.2, 0) is 6.54 Å². The molecule has 0 radical (unpaired) electrons. The third kappa shape index (κ3) is 3.61. The number of anilines is 2. The average Bonchev–Trinajstić information content (AvgIpc) is 2.46. The van der Waals surface area contributed by atoms with Crippen molar-refractivity contribution in [3.63, 3.8) is 0 Å². The van der Waals surface area contributed by atoms with Gasteiger partial charge in [-0.2, -0.15) is 0 Å². The van der Waals surface area contributed by atoms with Crippen molar-refractivity contribution in [2.75, 3.05) is 31.4 Å². The molecule has 112 valence electrons. The molecule has 1 N–H and O–H groups in total. The number of halogens is 1. The third-order valence-electron chi connectivity index (χ3n) is 3.46. The molecule has 21 heavy (non-hydrogen) atoms. The summed E-state index contributed by atoms with van der Waals surface area (Å²) < 4.78 is 5.36. The average molecular weight is 305 g/mol. The van der Waals surface area contributed by atoms with Crippen molar-refractivity contribution < 1.29 is 4.74 Å². The maximum absolute atomic E-state index is 6.25. The van der Waals surface area contributed by atoms with Gasteiger partial charge in [0.1, 0.15) is 5.75 Å². The summed E-state index contributed by atoms with van der Waals surface area (Å²) in [6, 6.07) is 12.0. The lowest BCUT2D eigenvalue weighted by molar-refractivity contribution is 0.410. The zero-order valence-electron chi connectivity index (χ0n) is 12.9. The summed E-state index contributed by atoms with van der Waals surface area (Å²) in [7, 11) is 5.75. The van der Waals surface area contributed by atoms with E-state index in [0.29, 0.717) is 11.6 Å². The molecule has 0 aromatic heterocycles. The molecule has 2 aromatic carbocycles. The van der Waals surface area contributed by atoms with Crippen LogP contribution in [0.1, 0.15) is 11.1 Å². The number of hydrogen-bond acceptors (Lipinski definition) is 3. The monoisotopic (exact) mass is 304 g/mol. The van der Waals surface area contributed by atoms with Crippen LogP contribution in [0.15, 0.2) is 36.4 Å². The molecule has 0 unspecified atom stereocenters. The third-order valence-corrected chi connectivity index (χ3v) is 3.81. The van der Waals surface area contributed by atoms with Gasteiger partial charge in [-0.1, -0.05) is 23.7 Å². The summed E-state index contributed by atoms with van der Waals surface area (Å²) in [5, 5.41) is 4.12. The molecule has 0 saturated carbocycles. The number of aryl methyl sites for hydroxylation is 1. The maximum Gasteiger partial charge on any atom is 0.125 e. The van der Waals surface area contributed by atoms with Crippen molar-refractivity contribution in [3.8, 4) is 5.75 Å². The Morgan fingerprint density at radius 2 is 1.95 bits per heavy atom. The number of nitrogens with one attached hydrogen (secondary N) is 1. The van der Waals surface area contributed by atoms with Gasteiger partial charge in [-0.05, 0) is 36.8 Å². The van der Waals surface area contributed by atoms with Gasteiger partial charge in [-0.25, -0.2) is 0 Å². The van der Waals surface area contributed by atoms with Gasteiger partial charge in [0, 0.05) is 42.6 Å². The van der Waals surface area contributed by atoms with Crippen LogP contribution < -0.4 is 15.0 Å². The summed E-state index contributed by atoms with van der Waals surface area (Å²) in [4.78, 5) is 2.11. The summed E-state index contributed by atoms with van der Waals surface area (Å²) in [5.74, 6) is 0.801. The number of rotatable bonds is 5. The van der Waals surface area contributed by atoms with E-state index in [1.54, 1.807) is 7.11 Å². The van der Waals surface area contributed by atoms with E-state index in [-0.39, 0.29) is 0 Å². The first-order valence-corrected chi connectivity index (χ1v) is 7.24. The molecule has 2 rings (SSSR count). The highest BCUT2D eigenvalue weighted by molar-refractivity contribution is 6.31. The molecule has 0 saturated heterocycles. The van der Waals surface area contributed by atoms with Gasteiger partial charge in [0.25, 0.3) is 0 Å². The molecular formula is C17H21ClN2O. The molecule has 0 aliphatic heterocycles. The molecule has 0 heterocycles. The predicted octanol–water partition coefficient (Wildman–Crippen LogP) is 4.34. The van der Waals surface area contributed by atoms with Crippen LogP contribution in [0.3, 0.4) is 0 Å². The van der Waals surface area contributed by atoms with Crippen molar-refractivity contribution in [3.05, 3.63) is 52.5 Å². The minimum atomic E-state index is 0.624. The summed E-state index contributed by atoms with van der Waals surface area (Å²) in [6.07, 6.45) is 0. The Bertz CT molecular complexity index is 626. The fraction of sp³-hybridized carbons (Fsp3) is 0.294. The second-order valence-corrected chi connectivity index (χ2v) is 5.58. The van der Waals surface area contributed by atoms with Gasteiger partial charge < -0.3 is 15.0 Å². The topological polar surface area (TPSA) is 24.5 Å². The normalized spacial score (nSPS) is 10.3. The van der Waals surface area contributed by atoms with Crippen LogP contribution >= 0.6 is 11.6 Å². The zero-order valence-corrected chi connectivity index (χ0v) is 13.7. The van der Waals surface area contributed by atoms with E-state index in [1.807, 2.05) is 32.3 Å². The van der Waals surface area contributed by atoms with Crippen molar-refractivity contribution in [2.45, 2.75) is 13.5 Å². The molecule has 0 amide bonds. The molecule has 2 aromatic rings. The zero-order chi connectivity index (χ0) is 15.4. The van der Waals surface area contributed by atoms with Gasteiger partial charge in [0.2, 0.25) is 0 Å². The molecular weight excluding hydrogens is 284 g/mol. The summed E-state index contributed by atoms with van der Waals surface area (Å²) in [5.41, 5.74) is 4.48. The van der Waals surface area contributed by atoms with Crippen LogP contribution in [0.4, 0.5) is 11.4 Å². The Morgan fingerprint density at radius 1 is 1.19 bits per heavy atom. The van der Waals surface area contributed by atoms with E-state index in [2.05, 4.69) is 35.3 Å². The van der Waals surface area contributed by atoms with Gasteiger partial charge in [0.15, 0.2) is 0 Å². The van der Waals surface area contributed by atoms with Crippen LogP contribution in [0.25, 0.3) is 0 Å². The van der Waals surface area contributed by atoms with Crippen molar-refractivity contribution in [1.29, 1.82) is 0 Å². The number of benzene rings is 2. The van der Waals surface area contributed by atoms with Crippen LogP contribution in [0, 0.1) is 6.92 Å². The Hall–Kier alpha value is -1.87. The molecule has 0 fully saturated rings. The van der Waals surface area contributed by atoms with Crippen LogP contribution in [-0.4, -0.2) is 21.2 Å². The summed E-state index contributed by atoms with van der Waals surface area (Å²) in [6.45, 7) is 2.73. The SMILES string of the molecule is COc1cccc(Cl)c1CNc1ccc(C)c(N(C)C)c1. The fourth-order valence-electron chi connectivity index (χ4n) is 2.29. The highest BCUT2D eigenvalue weighted by atomic mass is 35.5. The first-order valence-electron chi connectivity index (χ1n) is 6.86. The van der Waals surface area contributed by atoms with E-state index >= 15 is 0 Å². The number of methoxy groups -OCH3 is 1. The summed E-state index contributed by atoms with van der Waals surface area (Å²) >= 11 is 6.25. The highest BCUT2D eigenvalue weighted by Crippen LogP contribution is 2.28. The minimum Gasteiger partial charge on any atom is -0.496 e. The van der Waals surface area contributed by atoms with Crippen molar-refractivity contribution >= 4 is 23.0 Å². The van der Waals surface area contributed by atoms with E-state index in [1.165, 1.54) is 11.3 Å². The van der Waals surface area contributed by atoms with Crippen molar-refractivity contribution in [2.24, 2.45) is 0 Å². The van der Waals surface area contributed by atoms with E-state index in [4.69, 9.17) is 16.3 Å². The van der Waals surface area contributed by atoms with Crippen molar-refractivity contribution in [1.82, 2.24) is 0 Å². The molecule has 0 aliphatic carbocycles. The fourth-order valence-corrected chi connectivity index (χ4v) is 2.53. The Morgan fingerprint density at radius 3 is 2.62 bits per heavy atom. The second-order valence-electron chi connectivity index (χ2n) is 5.17. The largest absolute Gasteiger partial charge is 0.496 e. The second kappa shape index (κ2) is 6.72. The van der Waals surface area contributed by atoms with E-state index in [0.717, 1.165) is 17.0 Å². The highest BCUT2D eigenvalue weighted by Gasteiger charge is 2.08. The standard InChI is InChI=1S/C17H21ClN2O/c1-12-8-9-13(10-16(12)20(2)3)19-11-14-15(18)6-5-7-17(14)21-4/h5-10,19H,11H2,1-4H3. The van der Waals surface area contributed by atoms with E-state index in [9.17, 15) is 0 Å². The lowest BCUT2D eigenvalue weighted by Gasteiger charge is -2.18. The predicted molar refractivity (Wildman–Crippen MR) is 90.8 cm³/mol. The maximum atomic E-state index is 6.25. The smallest absolute Gasteiger partial charge is 0.125 e. The Labute approximate surface area is 131 Å². The lowest BCUT2D eigenvalue weighted by atomic mass is 10.1.